The quantitative estimate of drug-likeness (QED) is 0.863. The fourth-order valence-corrected chi connectivity index (χ4v) is 2.94. The summed E-state index contributed by atoms with van der Waals surface area (Å²) >= 11 is 5.21. The van der Waals surface area contributed by atoms with Crippen LogP contribution < -0.4 is 11.1 Å². The first-order valence-corrected chi connectivity index (χ1v) is 8.55. The van der Waals surface area contributed by atoms with E-state index in [9.17, 15) is 4.79 Å². The van der Waals surface area contributed by atoms with Crippen LogP contribution >= 0.6 is 27.7 Å². The minimum atomic E-state index is -0.468. The molecule has 1 amide bonds. The second-order valence-electron chi connectivity index (χ2n) is 4.52. The van der Waals surface area contributed by atoms with Crippen molar-refractivity contribution in [2.45, 2.75) is 12.5 Å². The maximum absolute atomic E-state index is 12.1. The van der Waals surface area contributed by atoms with Crippen LogP contribution in [0.1, 0.15) is 6.42 Å². The van der Waals surface area contributed by atoms with Gasteiger partial charge in [-0.15, -0.1) is 0 Å². The molecule has 0 saturated carbocycles. The molecule has 5 heteroatoms. The van der Waals surface area contributed by atoms with Crippen molar-refractivity contribution in [3.63, 3.8) is 0 Å². The van der Waals surface area contributed by atoms with Gasteiger partial charge >= 0.3 is 0 Å². The van der Waals surface area contributed by atoms with Crippen molar-refractivity contribution >= 4 is 50.1 Å². The zero-order valence-corrected chi connectivity index (χ0v) is 13.6. The van der Waals surface area contributed by atoms with Gasteiger partial charge in [0.05, 0.1) is 6.04 Å². The molecule has 3 N–H and O–H groups in total. The topological polar surface area (TPSA) is 55.1 Å². The highest BCUT2D eigenvalue weighted by molar-refractivity contribution is 9.10. The van der Waals surface area contributed by atoms with Crippen molar-refractivity contribution in [1.82, 2.24) is 0 Å². The summed E-state index contributed by atoms with van der Waals surface area (Å²) < 4.78 is 1.01. The van der Waals surface area contributed by atoms with E-state index in [0.717, 1.165) is 26.7 Å². The van der Waals surface area contributed by atoms with Crippen molar-refractivity contribution < 1.29 is 4.79 Å². The number of fused-ring (bicyclic) bond motifs is 1. The second kappa shape index (κ2) is 7.11. The van der Waals surface area contributed by atoms with Gasteiger partial charge < -0.3 is 11.1 Å². The fraction of sp³-hybridized carbons (Fsp3) is 0.267. The molecule has 0 aliphatic carbocycles. The van der Waals surface area contributed by atoms with E-state index in [0.29, 0.717) is 6.42 Å². The Morgan fingerprint density at radius 1 is 1.30 bits per heavy atom. The lowest BCUT2D eigenvalue weighted by Crippen LogP contribution is -2.36. The van der Waals surface area contributed by atoms with Gasteiger partial charge in [0.15, 0.2) is 0 Å². The van der Waals surface area contributed by atoms with Gasteiger partial charge in [-0.05, 0) is 35.9 Å². The van der Waals surface area contributed by atoms with Crippen molar-refractivity contribution in [1.29, 1.82) is 0 Å². The van der Waals surface area contributed by atoms with Crippen LogP contribution in [-0.4, -0.2) is 24.0 Å². The average molecular weight is 353 g/mol. The van der Waals surface area contributed by atoms with Gasteiger partial charge in [-0.3, -0.25) is 4.79 Å². The molecule has 20 heavy (non-hydrogen) atoms. The molecular formula is C15H17BrN2OS. The molecule has 2 aromatic rings. The summed E-state index contributed by atoms with van der Waals surface area (Å²) in [5.41, 5.74) is 6.69. The standard InChI is InChI=1S/C15H17BrN2OS/c1-20-9-8-13(17)15(19)18-14-7-6-12(16)10-4-2-3-5-11(10)14/h2-7,13H,8-9,17H2,1H3,(H,18,19)/t13-/m0/s1. The predicted molar refractivity (Wildman–Crippen MR) is 91.3 cm³/mol. The summed E-state index contributed by atoms with van der Waals surface area (Å²) in [6, 6.07) is 11.3. The zero-order valence-electron chi connectivity index (χ0n) is 11.2. The third-order valence-electron chi connectivity index (χ3n) is 3.10. The summed E-state index contributed by atoms with van der Waals surface area (Å²) in [4.78, 5) is 12.1. The molecule has 0 aromatic heterocycles. The van der Waals surface area contributed by atoms with Crippen LogP contribution in [0.5, 0.6) is 0 Å². The molecule has 0 fully saturated rings. The Labute approximate surface area is 131 Å². The number of hydrogen-bond acceptors (Lipinski definition) is 3. The van der Waals surface area contributed by atoms with Crippen LogP contribution in [-0.2, 0) is 4.79 Å². The average Bonchev–Trinajstić information content (AvgIpc) is 2.47. The number of hydrogen-bond donors (Lipinski definition) is 2. The van der Waals surface area contributed by atoms with Crippen molar-refractivity contribution in [3.05, 3.63) is 40.9 Å². The number of amides is 1. The lowest BCUT2D eigenvalue weighted by atomic mass is 10.1. The Morgan fingerprint density at radius 2 is 2.00 bits per heavy atom. The van der Waals surface area contributed by atoms with Gasteiger partial charge in [0.2, 0.25) is 5.91 Å². The summed E-state index contributed by atoms with van der Waals surface area (Å²) in [7, 11) is 0. The number of carbonyl (C=O) groups is 1. The molecule has 0 spiro atoms. The van der Waals surface area contributed by atoms with Gasteiger partial charge in [-0.25, -0.2) is 0 Å². The number of thioether (sulfide) groups is 1. The Hall–Kier alpha value is -1.04. The molecule has 0 bridgehead atoms. The van der Waals surface area contributed by atoms with E-state index in [1.165, 1.54) is 0 Å². The number of carbonyl (C=O) groups excluding carboxylic acids is 1. The number of anilines is 1. The maximum atomic E-state index is 12.1. The van der Waals surface area contributed by atoms with E-state index >= 15 is 0 Å². The van der Waals surface area contributed by atoms with E-state index in [-0.39, 0.29) is 5.91 Å². The highest BCUT2D eigenvalue weighted by Crippen LogP contribution is 2.29. The number of benzene rings is 2. The highest BCUT2D eigenvalue weighted by Gasteiger charge is 2.14. The summed E-state index contributed by atoms with van der Waals surface area (Å²) in [6.07, 6.45) is 2.69. The van der Waals surface area contributed by atoms with E-state index < -0.39 is 6.04 Å². The Bertz CT molecular complexity index is 618. The van der Waals surface area contributed by atoms with Crippen molar-refractivity contribution in [3.8, 4) is 0 Å². The molecule has 1 atom stereocenters. The molecule has 3 nitrogen and oxygen atoms in total. The van der Waals surface area contributed by atoms with Gasteiger partial charge in [0.25, 0.3) is 0 Å². The van der Waals surface area contributed by atoms with Gasteiger partial charge in [0, 0.05) is 15.5 Å². The van der Waals surface area contributed by atoms with E-state index in [4.69, 9.17) is 5.73 Å². The minimum Gasteiger partial charge on any atom is -0.324 e. The second-order valence-corrected chi connectivity index (χ2v) is 6.36. The van der Waals surface area contributed by atoms with Crippen LogP contribution in [0, 0.1) is 0 Å². The smallest absolute Gasteiger partial charge is 0.241 e. The molecule has 2 rings (SSSR count). The maximum Gasteiger partial charge on any atom is 0.241 e. The summed E-state index contributed by atoms with van der Waals surface area (Å²) in [5, 5.41) is 5.01. The number of rotatable bonds is 5. The van der Waals surface area contributed by atoms with Crippen LogP contribution in [0.25, 0.3) is 10.8 Å². The molecular weight excluding hydrogens is 336 g/mol. The fourth-order valence-electron chi connectivity index (χ4n) is 1.97. The third-order valence-corrected chi connectivity index (χ3v) is 4.43. The van der Waals surface area contributed by atoms with Gasteiger partial charge in [-0.2, -0.15) is 11.8 Å². The number of nitrogens with two attached hydrogens (primary N) is 1. The Kier molecular flexibility index (Phi) is 5.46. The zero-order chi connectivity index (χ0) is 14.5. The van der Waals surface area contributed by atoms with Crippen molar-refractivity contribution in [2.24, 2.45) is 5.73 Å². The summed E-state index contributed by atoms with van der Waals surface area (Å²) in [5.74, 6) is 0.752. The minimum absolute atomic E-state index is 0.133. The normalized spacial score (nSPS) is 12.3. The molecule has 2 aromatic carbocycles. The molecule has 0 heterocycles. The van der Waals surface area contributed by atoms with Gasteiger partial charge in [0.1, 0.15) is 0 Å². The van der Waals surface area contributed by atoms with E-state index in [1.54, 1.807) is 11.8 Å². The molecule has 106 valence electrons. The van der Waals surface area contributed by atoms with Crippen LogP contribution in [0.2, 0.25) is 0 Å². The van der Waals surface area contributed by atoms with Crippen LogP contribution in [0.15, 0.2) is 40.9 Å². The molecule has 0 aliphatic rings. The Balaban J connectivity index is 2.22. The van der Waals surface area contributed by atoms with Crippen LogP contribution in [0.3, 0.4) is 0 Å². The SMILES string of the molecule is CSCC[C@H](N)C(=O)Nc1ccc(Br)c2ccccc12. The van der Waals surface area contributed by atoms with E-state index in [1.807, 2.05) is 42.7 Å². The summed E-state index contributed by atoms with van der Waals surface area (Å²) in [6.45, 7) is 0. The lowest BCUT2D eigenvalue weighted by molar-refractivity contribution is -0.117. The van der Waals surface area contributed by atoms with E-state index in [2.05, 4.69) is 21.2 Å². The molecule has 0 aliphatic heterocycles. The molecule has 0 saturated heterocycles. The van der Waals surface area contributed by atoms with Crippen LogP contribution in [0.4, 0.5) is 5.69 Å². The van der Waals surface area contributed by atoms with Gasteiger partial charge in [-0.1, -0.05) is 40.2 Å². The first-order chi connectivity index (χ1) is 9.63. The lowest BCUT2D eigenvalue weighted by Gasteiger charge is -2.14. The van der Waals surface area contributed by atoms with Crippen molar-refractivity contribution in [2.75, 3.05) is 17.3 Å². The number of nitrogens with one attached hydrogen (secondary N) is 1. The number of halogens is 1. The highest BCUT2D eigenvalue weighted by atomic mass is 79.9. The predicted octanol–water partition coefficient (Wildman–Crippen LogP) is 3.62. The largest absolute Gasteiger partial charge is 0.324 e. The molecule has 0 unspecified atom stereocenters. The first-order valence-electron chi connectivity index (χ1n) is 6.36. The Morgan fingerprint density at radius 3 is 2.70 bits per heavy atom. The molecule has 0 radical (unpaired) electrons. The monoisotopic (exact) mass is 352 g/mol. The first kappa shape index (κ1) is 15.4. The third kappa shape index (κ3) is 3.53.